The number of rotatable bonds is 6. The molecule has 8 nitrogen and oxygen atoms in total. The van der Waals surface area contributed by atoms with Crippen LogP contribution in [0.25, 0.3) is 0 Å². The largest absolute Gasteiger partial charge is 0.333 e. The molecule has 3 rings (SSSR count). The van der Waals surface area contributed by atoms with Crippen molar-refractivity contribution in [3.63, 3.8) is 0 Å². The number of hydrogen-bond acceptors (Lipinski definition) is 6. The molecular weight excluding hydrogens is 344 g/mol. The maximum atomic E-state index is 12.9. The van der Waals surface area contributed by atoms with Crippen LogP contribution in [0, 0.1) is 0 Å². The molecule has 2 fully saturated rings. The van der Waals surface area contributed by atoms with E-state index >= 15 is 0 Å². The van der Waals surface area contributed by atoms with Gasteiger partial charge in [-0.1, -0.05) is 0 Å². The molecule has 25 heavy (non-hydrogen) atoms. The fraction of sp³-hybridized carbons (Fsp3) is 0.812. The predicted molar refractivity (Wildman–Crippen MR) is 93.9 cm³/mol. The number of hydrazone groups is 1. The smallest absolute Gasteiger partial charge is 0.270 e. The van der Waals surface area contributed by atoms with Gasteiger partial charge in [-0.15, -0.1) is 0 Å². The number of carbonyl (C=O) groups is 2. The molecule has 0 unspecified atom stereocenters. The first-order valence-corrected chi connectivity index (χ1v) is 10.6. The average Bonchev–Trinajstić information content (AvgIpc) is 3.30. The minimum atomic E-state index is -3.11. The van der Waals surface area contributed by atoms with E-state index < -0.39 is 15.9 Å². The molecular formula is C16H26N4O4S. The van der Waals surface area contributed by atoms with Crippen LogP contribution in [0.5, 0.6) is 0 Å². The normalized spacial score (nSPS) is 26.0. The van der Waals surface area contributed by atoms with Gasteiger partial charge in [-0.25, -0.2) is 13.4 Å². The van der Waals surface area contributed by atoms with Crippen molar-refractivity contribution in [2.24, 2.45) is 5.10 Å². The zero-order valence-electron chi connectivity index (χ0n) is 14.8. The van der Waals surface area contributed by atoms with Gasteiger partial charge in [0.15, 0.2) is 9.84 Å². The van der Waals surface area contributed by atoms with E-state index in [0.717, 1.165) is 19.4 Å². The lowest BCUT2D eigenvalue weighted by molar-refractivity contribution is -0.134. The SMILES string of the molecule is CN(C)CCN(C(=O)C1=NN([C@@H]2CCS(=O)(=O)C2)C(=O)CC1)C1CC1. The highest BCUT2D eigenvalue weighted by Crippen LogP contribution is 2.28. The summed E-state index contributed by atoms with van der Waals surface area (Å²) in [5.41, 5.74) is 0.384. The Kier molecular flexibility index (Phi) is 5.15. The van der Waals surface area contributed by atoms with E-state index in [9.17, 15) is 18.0 Å². The second kappa shape index (κ2) is 7.03. The number of amides is 2. The Morgan fingerprint density at radius 2 is 1.92 bits per heavy atom. The van der Waals surface area contributed by atoms with Gasteiger partial charge in [-0.3, -0.25) is 9.59 Å². The minimum Gasteiger partial charge on any atom is -0.333 e. The maximum Gasteiger partial charge on any atom is 0.270 e. The van der Waals surface area contributed by atoms with E-state index in [1.165, 1.54) is 5.01 Å². The zero-order valence-corrected chi connectivity index (χ0v) is 15.7. The molecule has 2 aliphatic heterocycles. The zero-order chi connectivity index (χ0) is 18.2. The summed E-state index contributed by atoms with van der Waals surface area (Å²) in [6.45, 7) is 1.42. The minimum absolute atomic E-state index is 0.0589. The second-order valence-corrected chi connectivity index (χ2v) is 9.60. The molecule has 1 atom stereocenters. The molecule has 1 saturated heterocycles. The number of likely N-dealkylation sites (N-methyl/N-ethyl adjacent to an activating group) is 1. The molecule has 1 saturated carbocycles. The van der Waals surface area contributed by atoms with Gasteiger partial charge >= 0.3 is 0 Å². The van der Waals surface area contributed by atoms with Crippen LogP contribution < -0.4 is 0 Å². The van der Waals surface area contributed by atoms with E-state index in [2.05, 4.69) is 5.10 Å². The number of hydrogen-bond donors (Lipinski definition) is 0. The molecule has 0 radical (unpaired) electrons. The van der Waals surface area contributed by atoms with E-state index in [4.69, 9.17) is 0 Å². The van der Waals surface area contributed by atoms with Crippen LogP contribution in [-0.2, 0) is 19.4 Å². The van der Waals surface area contributed by atoms with Crippen LogP contribution in [0.1, 0.15) is 32.1 Å². The van der Waals surface area contributed by atoms with Crippen molar-refractivity contribution in [2.45, 2.75) is 44.2 Å². The standard InChI is InChI=1S/C16H26N4O4S/c1-18(2)8-9-19(12-3-4-12)16(22)14-5-6-15(21)20(17-14)13-7-10-25(23,24)11-13/h12-13H,3-11H2,1-2H3/t13-/m1/s1. The molecule has 0 N–H and O–H groups in total. The number of sulfone groups is 1. The Morgan fingerprint density at radius 1 is 1.20 bits per heavy atom. The van der Waals surface area contributed by atoms with Crippen molar-refractivity contribution in [1.29, 1.82) is 0 Å². The number of carbonyl (C=O) groups excluding carboxylic acids is 2. The molecule has 1 aliphatic carbocycles. The monoisotopic (exact) mass is 370 g/mol. The van der Waals surface area contributed by atoms with Crippen LogP contribution in [0.4, 0.5) is 0 Å². The lowest BCUT2D eigenvalue weighted by Gasteiger charge is -2.30. The van der Waals surface area contributed by atoms with Crippen LogP contribution >= 0.6 is 0 Å². The first-order valence-electron chi connectivity index (χ1n) is 8.82. The average molecular weight is 370 g/mol. The lowest BCUT2D eigenvalue weighted by Crippen LogP contribution is -2.47. The summed E-state index contributed by atoms with van der Waals surface area (Å²) < 4.78 is 23.4. The topological polar surface area (TPSA) is 90.4 Å². The molecule has 0 bridgehead atoms. The molecule has 0 aromatic carbocycles. The summed E-state index contributed by atoms with van der Waals surface area (Å²) in [7, 11) is 0.826. The fourth-order valence-electron chi connectivity index (χ4n) is 3.29. The van der Waals surface area contributed by atoms with Gasteiger partial charge in [0.25, 0.3) is 5.91 Å². The Hall–Kier alpha value is -1.48. The summed E-state index contributed by atoms with van der Waals surface area (Å²) in [6.07, 6.45) is 2.96. The lowest BCUT2D eigenvalue weighted by atomic mass is 10.1. The van der Waals surface area contributed by atoms with Crippen LogP contribution in [0.15, 0.2) is 5.10 Å². The van der Waals surface area contributed by atoms with Crippen molar-refractivity contribution in [3.8, 4) is 0 Å². The summed E-state index contributed by atoms with van der Waals surface area (Å²) in [5.74, 6) is -0.277. The quantitative estimate of drug-likeness (QED) is 0.641. The van der Waals surface area contributed by atoms with Gasteiger partial charge in [0, 0.05) is 32.0 Å². The molecule has 2 heterocycles. The van der Waals surface area contributed by atoms with Crippen molar-refractivity contribution in [2.75, 3.05) is 38.7 Å². The first kappa shape index (κ1) is 18.3. The summed E-state index contributed by atoms with van der Waals surface area (Å²) in [5, 5.41) is 5.56. The van der Waals surface area contributed by atoms with E-state index in [0.29, 0.717) is 25.1 Å². The van der Waals surface area contributed by atoms with E-state index in [-0.39, 0.29) is 35.8 Å². The first-order chi connectivity index (χ1) is 11.8. The maximum absolute atomic E-state index is 12.9. The molecule has 9 heteroatoms. The third-order valence-corrected chi connectivity index (χ3v) is 6.65. The van der Waals surface area contributed by atoms with Crippen molar-refractivity contribution < 1.29 is 18.0 Å². The van der Waals surface area contributed by atoms with Crippen LogP contribution in [0.2, 0.25) is 0 Å². The third-order valence-electron chi connectivity index (χ3n) is 4.90. The highest BCUT2D eigenvalue weighted by atomic mass is 32.2. The highest BCUT2D eigenvalue weighted by Gasteiger charge is 2.39. The van der Waals surface area contributed by atoms with Crippen LogP contribution in [0.3, 0.4) is 0 Å². The molecule has 0 spiro atoms. The van der Waals surface area contributed by atoms with Gasteiger partial charge < -0.3 is 9.80 Å². The molecule has 0 aromatic rings. The van der Waals surface area contributed by atoms with E-state index in [1.54, 1.807) is 0 Å². The summed E-state index contributed by atoms with van der Waals surface area (Å²) >= 11 is 0. The van der Waals surface area contributed by atoms with Gasteiger partial charge in [-0.2, -0.15) is 5.10 Å². The summed E-state index contributed by atoms with van der Waals surface area (Å²) in [4.78, 5) is 29.0. The Labute approximate surface area is 148 Å². The molecule has 0 aromatic heterocycles. The Bertz CT molecular complexity index is 684. The molecule has 3 aliphatic rings. The second-order valence-electron chi connectivity index (χ2n) is 7.37. The predicted octanol–water partition coefficient (Wildman–Crippen LogP) is -0.295. The van der Waals surface area contributed by atoms with Gasteiger partial charge in [0.05, 0.1) is 17.5 Å². The molecule has 2 amide bonds. The van der Waals surface area contributed by atoms with Crippen molar-refractivity contribution >= 4 is 27.4 Å². The van der Waals surface area contributed by atoms with Gasteiger partial charge in [0.2, 0.25) is 5.91 Å². The summed E-state index contributed by atoms with van der Waals surface area (Å²) in [6, 6.07) is -0.162. The van der Waals surface area contributed by atoms with Crippen molar-refractivity contribution in [3.05, 3.63) is 0 Å². The van der Waals surface area contributed by atoms with Crippen molar-refractivity contribution in [1.82, 2.24) is 14.8 Å². The van der Waals surface area contributed by atoms with Gasteiger partial charge in [-0.05, 0) is 33.4 Å². The Balaban J connectivity index is 1.74. The molecule has 140 valence electrons. The number of nitrogens with zero attached hydrogens (tertiary/aromatic N) is 4. The Morgan fingerprint density at radius 3 is 2.48 bits per heavy atom. The fourth-order valence-corrected chi connectivity index (χ4v) is 4.98. The van der Waals surface area contributed by atoms with Gasteiger partial charge in [0.1, 0.15) is 5.71 Å². The van der Waals surface area contributed by atoms with Crippen LogP contribution in [-0.4, -0.2) is 91.5 Å². The third kappa shape index (κ3) is 4.38. The highest BCUT2D eigenvalue weighted by molar-refractivity contribution is 7.91. The van der Waals surface area contributed by atoms with E-state index in [1.807, 2.05) is 23.9 Å².